The first-order chi connectivity index (χ1) is 8.45. The van der Waals surface area contributed by atoms with Crippen LogP contribution < -0.4 is 10.5 Å². The van der Waals surface area contributed by atoms with Crippen molar-refractivity contribution in [1.82, 2.24) is 9.97 Å². The Balaban J connectivity index is 2.25. The minimum Gasteiger partial charge on any atom is -0.454 e. The molecular weight excluding hydrogens is 226 g/mol. The van der Waals surface area contributed by atoms with Crippen LogP contribution in [0.4, 0.5) is 5.69 Å². The van der Waals surface area contributed by atoms with Crippen molar-refractivity contribution in [2.45, 2.75) is 26.2 Å². The molecule has 4 heteroatoms. The minimum atomic E-state index is 0.0420. The van der Waals surface area contributed by atoms with Crippen LogP contribution in [0, 0.1) is 0 Å². The number of nitrogen functional groups attached to an aromatic ring is 1. The molecule has 2 N–H and O–H groups in total. The first kappa shape index (κ1) is 12.4. The van der Waals surface area contributed by atoms with Gasteiger partial charge in [0.25, 0.3) is 0 Å². The van der Waals surface area contributed by atoms with Crippen molar-refractivity contribution in [3.8, 4) is 11.5 Å². The molecule has 0 atom stereocenters. The molecule has 0 fully saturated rings. The molecule has 4 nitrogen and oxygen atoms in total. The zero-order chi connectivity index (χ0) is 13.2. The summed E-state index contributed by atoms with van der Waals surface area (Å²) in [5.41, 5.74) is 7.39. The van der Waals surface area contributed by atoms with E-state index in [2.05, 4.69) is 30.7 Å². The van der Waals surface area contributed by atoms with E-state index in [1.807, 2.05) is 12.3 Å². The van der Waals surface area contributed by atoms with Gasteiger partial charge in [0.05, 0.1) is 24.3 Å². The molecule has 2 aromatic rings. The highest BCUT2D eigenvalue weighted by molar-refractivity contribution is 5.42. The molecule has 94 valence electrons. The van der Waals surface area contributed by atoms with E-state index in [9.17, 15) is 0 Å². The van der Waals surface area contributed by atoms with Crippen molar-refractivity contribution in [1.29, 1.82) is 0 Å². The van der Waals surface area contributed by atoms with Crippen LogP contribution in [0.15, 0.2) is 36.9 Å². The largest absolute Gasteiger partial charge is 0.454 e. The number of hydrogen-bond donors (Lipinski definition) is 1. The van der Waals surface area contributed by atoms with Gasteiger partial charge in [-0.3, -0.25) is 9.97 Å². The van der Waals surface area contributed by atoms with E-state index >= 15 is 0 Å². The van der Waals surface area contributed by atoms with Crippen molar-refractivity contribution in [2.75, 3.05) is 5.73 Å². The maximum atomic E-state index is 5.69. The Kier molecular flexibility index (Phi) is 3.19. The lowest BCUT2D eigenvalue weighted by Crippen LogP contribution is -2.11. The third-order valence-corrected chi connectivity index (χ3v) is 2.55. The highest BCUT2D eigenvalue weighted by atomic mass is 16.5. The van der Waals surface area contributed by atoms with Crippen LogP contribution in [0.2, 0.25) is 0 Å². The lowest BCUT2D eigenvalue weighted by atomic mass is 9.88. The van der Waals surface area contributed by atoms with E-state index in [0.29, 0.717) is 17.2 Å². The highest BCUT2D eigenvalue weighted by Gasteiger charge is 2.14. The Morgan fingerprint density at radius 1 is 0.944 bits per heavy atom. The SMILES string of the molecule is CC(C)(C)c1cncc(Oc2cncc(N)c2)c1. The Morgan fingerprint density at radius 3 is 2.17 bits per heavy atom. The number of rotatable bonds is 2. The molecule has 0 spiro atoms. The zero-order valence-corrected chi connectivity index (χ0v) is 10.8. The Hall–Kier alpha value is -2.10. The molecule has 0 unspecified atom stereocenters. The molecule has 2 heterocycles. The van der Waals surface area contributed by atoms with Crippen LogP contribution in [0.3, 0.4) is 0 Å². The Labute approximate surface area is 107 Å². The average molecular weight is 243 g/mol. The van der Waals surface area contributed by atoms with E-state index in [-0.39, 0.29) is 5.41 Å². The third-order valence-electron chi connectivity index (χ3n) is 2.55. The summed E-state index contributed by atoms with van der Waals surface area (Å²) in [7, 11) is 0. The summed E-state index contributed by atoms with van der Waals surface area (Å²) in [6.07, 6.45) is 6.74. The lowest BCUT2D eigenvalue weighted by Gasteiger charge is -2.19. The molecule has 0 bridgehead atoms. The van der Waals surface area contributed by atoms with Gasteiger partial charge in [-0.25, -0.2) is 0 Å². The molecule has 0 aliphatic heterocycles. The standard InChI is InChI=1S/C14H17N3O/c1-14(2,3)10-4-12(8-16-6-10)18-13-5-11(15)7-17-9-13/h4-9H,15H2,1-3H3. The predicted molar refractivity (Wildman–Crippen MR) is 71.7 cm³/mol. The molecule has 0 saturated carbocycles. The molecule has 0 aliphatic rings. The molecule has 0 saturated heterocycles. The topological polar surface area (TPSA) is 61.0 Å². The number of anilines is 1. The molecule has 0 amide bonds. The third kappa shape index (κ3) is 2.97. The second kappa shape index (κ2) is 4.64. The number of nitrogens with zero attached hydrogens (tertiary/aromatic N) is 2. The number of aromatic nitrogens is 2. The van der Waals surface area contributed by atoms with Crippen molar-refractivity contribution in [3.63, 3.8) is 0 Å². The van der Waals surface area contributed by atoms with Gasteiger partial charge in [-0.1, -0.05) is 20.8 Å². The highest BCUT2D eigenvalue weighted by Crippen LogP contribution is 2.27. The van der Waals surface area contributed by atoms with Gasteiger partial charge < -0.3 is 10.5 Å². The average Bonchev–Trinajstić information content (AvgIpc) is 2.28. The summed E-state index contributed by atoms with van der Waals surface area (Å²) in [5.74, 6) is 1.30. The first-order valence-electron chi connectivity index (χ1n) is 5.79. The number of ether oxygens (including phenoxy) is 1. The van der Waals surface area contributed by atoms with Gasteiger partial charge in [-0.15, -0.1) is 0 Å². The summed E-state index contributed by atoms with van der Waals surface area (Å²) in [5, 5.41) is 0. The van der Waals surface area contributed by atoms with Gasteiger partial charge in [0.15, 0.2) is 0 Å². The Bertz CT molecular complexity index is 547. The van der Waals surface area contributed by atoms with Crippen molar-refractivity contribution < 1.29 is 4.74 Å². The van der Waals surface area contributed by atoms with E-state index in [1.165, 1.54) is 0 Å². The maximum absolute atomic E-state index is 5.69. The molecule has 0 aromatic carbocycles. The van der Waals surface area contributed by atoms with Gasteiger partial charge in [-0.05, 0) is 17.0 Å². The number of hydrogen-bond acceptors (Lipinski definition) is 4. The fourth-order valence-electron chi connectivity index (χ4n) is 1.51. The quantitative estimate of drug-likeness (QED) is 0.880. The van der Waals surface area contributed by atoms with Gasteiger partial charge in [-0.2, -0.15) is 0 Å². The smallest absolute Gasteiger partial charge is 0.147 e. The van der Waals surface area contributed by atoms with Crippen molar-refractivity contribution in [3.05, 3.63) is 42.5 Å². The summed E-state index contributed by atoms with van der Waals surface area (Å²) < 4.78 is 5.69. The fraction of sp³-hybridized carbons (Fsp3) is 0.286. The maximum Gasteiger partial charge on any atom is 0.147 e. The summed E-state index contributed by atoms with van der Waals surface area (Å²) in [6.45, 7) is 6.40. The van der Waals surface area contributed by atoms with E-state index in [4.69, 9.17) is 10.5 Å². The molecular formula is C14H17N3O. The van der Waals surface area contributed by atoms with Crippen LogP contribution in [-0.4, -0.2) is 9.97 Å². The molecule has 2 rings (SSSR count). The van der Waals surface area contributed by atoms with Crippen LogP contribution in [0.1, 0.15) is 26.3 Å². The Morgan fingerprint density at radius 2 is 1.56 bits per heavy atom. The van der Waals surface area contributed by atoms with Crippen LogP contribution in [-0.2, 0) is 5.41 Å². The van der Waals surface area contributed by atoms with E-state index < -0.39 is 0 Å². The first-order valence-corrected chi connectivity index (χ1v) is 5.79. The van der Waals surface area contributed by atoms with Crippen LogP contribution in [0.5, 0.6) is 11.5 Å². The number of pyridine rings is 2. The molecule has 0 aliphatic carbocycles. The second-order valence-corrected chi connectivity index (χ2v) is 5.22. The van der Waals surface area contributed by atoms with Crippen LogP contribution >= 0.6 is 0 Å². The van der Waals surface area contributed by atoms with Crippen molar-refractivity contribution in [2.24, 2.45) is 0 Å². The minimum absolute atomic E-state index is 0.0420. The molecule has 0 radical (unpaired) electrons. The molecule has 18 heavy (non-hydrogen) atoms. The van der Waals surface area contributed by atoms with Gasteiger partial charge in [0.1, 0.15) is 11.5 Å². The van der Waals surface area contributed by atoms with E-state index in [1.54, 1.807) is 24.7 Å². The van der Waals surface area contributed by atoms with E-state index in [0.717, 1.165) is 5.56 Å². The van der Waals surface area contributed by atoms with Gasteiger partial charge >= 0.3 is 0 Å². The number of nitrogens with two attached hydrogens (primary N) is 1. The summed E-state index contributed by atoms with van der Waals surface area (Å²) >= 11 is 0. The van der Waals surface area contributed by atoms with Gasteiger partial charge in [0.2, 0.25) is 0 Å². The zero-order valence-electron chi connectivity index (χ0n) is 10.8. The van der Waals surface area contributed by atoms with Gasteiger partial charge in [0, 0.05) is 12.3 Å². The molecule has 2 aromatic heterocycles. The monoisotopic (exact) mass is 243 g/mol. The predicted octanol–water partition coefficient (Wildman–Crippen LogP) is 3.15. The summed E-state index contributed by atoms with van der Waals surface area (Å²) in [6, 6.07) is 3.72. The fourth-order valence-corrected chi connectivity index (χ4v) is 1.51. The normalized spacial score (nSPS) is 11.3. The van der Waals surface area contributed by atoms with Crippen LogP contribution in [0.25, 0.3) is 0 Å². The summed E-state index contributed by atoms with van der Waals surface area (Å²) in [4.78, 5) is 8.17. The second-order valence-electron chi connectivity index (χ2n) is 5.22. The van der Waals surface area contributed by atoms with Crippen molar-refractivity contribution >= 4 is 5.69 Å². The lowest BCUT2D eigenvalue weighted by molar-refractivity contribution is 0.473.